The zero-order chi connectivity index (χ0) is 23.4. The molecule has 1 amide bonds. The summed E-state index contributed by atoms with van der Waals surface area (Å²) in [5.74, 6) is 0.0123. The number of carbonyl (C=O) groups excluding carboxylic acids is 1. The molecule has 1 N–H and O–H groups in total. The van der Waals surface area contributed by atoms with E-state index in [1.165, 1.54) is 37.6 Å². The standard InChI is InChI=1S/C26H32N6O/c1-18-6-4-5-13-31(18)17-22-9-7-21(8-10-22)15-28-25(33)12-11-24-19(2)30-26-23(14-27)16-29-32(26)20(24)3/h7-10,16,18H,4-6,11-13,15,17H2,1-3H3,(H,28,33). The van der Waals surface area contributed by atoms with Gasteiger partial charge in [0.1, 0.15) is 11.6 Å². The SMILES string of the molecule is Cc1nc2c(C#N)cnn2c(C)c1CCC(=O)NCc1ccc(CN2CCCCC2C)cc1. The van der Waals surface area contributed by atoms with E-state index in [9.17, 15) is 10.1 Å². The van der Waals surface area contributed by atoms with Gasteiger partial charge >= 0.3 is 0 Å². The number of carbonyl (C=O) groups is 1. The lowest BCUT2D eigenvalue weighted by Gasteiger charge is -2.33. The normalized spacial score (nSPS) is 16.6. The zero-order valence-corrected chi connectivity index (χ0v) is 19.8. The minimum atomic E-state index is 0.0123. The number of aromatic nitrogens is 3. The Bertz CT molecular complexity index is 1170. The van der Waals surface area contributed by atoms with Crippen molar-refractivity contribution in [2.45, 2.75) is 72.0 Å². The van der Waals surface area contributed by atoms with Gasteiger partial charge in [0.25, 0.3) is 0 Å². The van der Waals surface area contributed by atoms with Gasteiger partial charge < -0.3 is 5.32 Å². The molecular weight excluding hydrogens is 412 g/mol. The summed E-state index contributed by atoms with van der Waals surface area (Å²) >= 11 is 0. The number of piperidine rings is 1. The van der Waals surface area contributed by atoms with Crippen molar-refractivity contribution in [1.29, 1.82) is 5.26 Å². The summed E-state index contributed by atoms with van der Waals surface area (Å²) in [6, 6.07) is 11.4. The second kappa shape index (κ2) is 10.1. The highest BCUT2D eigenvalue weighted by molar-refractivity contribution is 5.76. The predicted molar refractivity (Wildman–Crippen MR) is 128 cm³/mol. The third kappa shape index (κ3) is 5.23. The van der Waals surface area contributed by atoms with E-state index in [1.807, 2.05) is 13.8 Å². The first-order valence-electron chi connectivity index (χ1n) is 11.8. The van der Waals surface area contributed by atoms with Crippen molar-refractivity contribution in [2.75, 3.05) is 6.54 Å². The number of fused-ring (bicyclic) bond motifs is 1. The second-order valence-corrected chi connectivity index (χ2v) is 9.08. The first-order valence-corrected chi connectivity index (χ1v) is 11.8. The van der Waals surface area contributed by atoms with Crippen LogP contribution in [0.5, 0.6) is 0 Å². The first-order chi connectivity index (χ1) is 16.0. The number of rotatable bonds is 7. The average Bonchev–Trinajstić information content (AvgIpc) is 3.23. The molecule has 0 bridgehead atoms. The number of likely N-dealkylation sites (tertiary alicyclic amines) is 1. The lowest BCUT2D eigenvalue weighted by Crippen LogP contribution is -2.36. The minimum Gasteiger partial charge on any atom is -0.352 e. The van der Waals surface area contributed by atoms with Crippen molar-refractivity contribution in [3.63, 3.8) is 0 Å². The number of hydrogen-bond donors (Lipinski definition) is 1. The van der Waals surface area contributed by atoms with Crippen LogP contribution in [0.1, 0.15) is 66.2 Å². The van der Waals surface area contributed by atoms with Crippen molar-refractivity contribution in [3.05, 3.63) is 64.1 Å². The van der Waals surface area contributed by atoms with Crippen molar-refractivity contribution < 1.29 is 4.79 Å². The Morgan fingerprint density at radius 1 is 1.21 bits per heavy atom. The maximum absolute atomic E-state index is 12.5. The molecule has 1 fully saturated rings. The van der Waals surface area contributed by atoms with Gasteiger partial charge in [-0.3, -0.25) is 9.69 Å². The van der Waals surface area contributed by atoms with Crippen LogP contribution in [0.2, 0.25) is 0 Å². The summed E-state index contributed by atoms with van der Waals surface area (Å²) in [5.41, 5.74) is 6.22. The van der Waals surface area contributed by atoms with Crippen LogP contribution in [0.4, 0.5) is 0 Å². The molecule has 3 heterocycles. The Hall–Kier alpha value is -3.24. The van der Waals surface area contributed by atoms with E-state index in [0.717, 1.165) is 29.1 Å². The molecule has 0 aliphatic carbocycles. The van der Waals surface area contributed by atoms with Gasteiger partial charge in [0, 0.05) is 36.9 Å². The maximum Gasteiger partial charge on any atom is 0.220 e. The van der Waals surface area contributed by atoms with E-state index in [0.29, 0.717) is 36.6 Å². The molecule has 2 aromatic heterocycles. The van der Waals surface area contributed by atoms with Gasteiger partial charge in [-0.05, 0) is 63.3 Å². The van der Waals surface area contributed by atoms with Crippen LogP contribution < -0.4 is 5.32 Å². The lowest BCUT2D eigenvalue weighted by molar-refractivity contribution is -0.121. The van der Waals surface area contributed by atoms with Gasteiger partial charge in [0.15, 0.2) is 5.65 Å². The fourth-order valence-corrected chi connectivity index (χ4v) is 4.67. The molecule has 172 valence electrons. The van der Waals surface area contributed by atoms with Crippen molar-refractivity contribution in [3.8, 4) is 6.07 Å². The molecule has 3 aromatic rings. The Kier molecular flexibility index (Phi) is 7.05. The molecule has 7 heteroatoms. The summed E-state index contributed by atoms with van der Waals surface area (Å²) < 4.78 is 1.69. The van der Waals surface area contributed by atoms with Crippen molar-refractivity contribution in [1.82, 2.24) is 24.8 Å². The summed E-state index contributed by atoms with van der Waals surface area (Å²) in [6.45, 7) is 8.89. The number of benzene rings is 1. The molecular formula is C26H32N6O. The molecule has 1 unspecified atom stereocenters. The summed E-state index contributed by atoms with van der Waals surface area (Å²) in [7, 11) is 0. The monoisotopic (exact) mass is 444 g/mol. The van der Waals surface area contributed by atoms with Gasteiger partial charge in [0.05, 0.1) is 6.20 Å². The van der Waals surface area contributed by atoms with Crippen molar-refractivity contribution in [2.24, 2.45) is 0 Å². The Morgan fingerprint density at radius 2 is 1.97 bits per heavy atom. The fraction of sp³-hybridized carbons (Fsp3) is 0.462. The van der Waals surface area contributed by atoms with Crippen LogP contribution in [-0.2, 0) is 24.3 Å². The number of nitrogens with one attached hydrogen (secondary N) is 1. The van der Waals surface area contributed by atoms with Crippen molar-refractivity contribution >= 4 is 11.6 Å². The number of amides is 1. The average molecular weight is 445 g/mol. The Morgan fingerprint density at radius 3 is 2.70 bits per heavy atom. The molecule has 1 aromatic carbocycles. The van der Waals surface area contributed by atoms with Crippen LogP contribution in [-0.4, -0.2) is 38.0 Å². The molecule has 7 nitrogen and oxygen atoms in total. The van der Waals surface area contributed by atoms with E-state index in [4.69, 9.17) is 0 Å². The van der Waals surface area contributed by atoms with E-state index in [1.54, 1.807) is 4.52 Å². The van der Waals surface area contributed by atoms with Crippen LogP contribution in [0.25, 0.3) is 5.65 Å². The summed E-state index contributed by atoms with van der Waals surface area (Å²) in [6.07, 6.45) is 6.42. The van der Waals surface area contributed by atoms with Gasteiger partial charge in [-0.2, -0.15) is 10.4 Å². The topological polar surface area (TPSA) is 86.3 Å². The largest absolute Gasteiger partial charge is 0.352 e. The highest BCUT2D eigenvalue weighted by Crippen LogP contribution is 2.20. The van der Waals surface area contributed by atoms with Gasteiger partial charge in [-0.15, -0.1) is 0 Å². The molecule has 0 radical (unpaired) electrons. The van der Waals surface area contributed by atoms with Crippen LogP contribution in [0, 0.1) is 25.2 Å². The zero-order valence-electron chi connectivity index (χ0n) is 19.8. The van der Waals surface area contributed by atoms with Crippen LogP contribution in [0.15, 0.2) is 30.5 Å². The first kappa shape index (κ1) is 22.9. The molecule has 1 atom stereocenters. The Balaban J connectivity index is 1.30. The third-order valence-corrected chi connectivity index (χ3v) is 6.77. The Labute approximate surface area is 195 Å². The number of hydrogen-bond acceptors (Lipinski definition) is 5. The number of nitriles is 1. The fourth-order valence-electron chi connectivity index (χ4n) is 4.67. The molecule has 4 rings (SSSR count). The maximum atomic E-state index is 12.5. The highest BCUT2D eigenvalue weighted by Gasteiger charge is 2.18. The van der Waals surface area contributed by atoms with E-state index in [-0.39, 0.29) is 5.91 Å². The van der Waals surface area contributed by atoms with Gasteiger partial charge in [0.2, 0.25) is 5.91 Å². The molecule has 1 aliphatic rings. The summed E-state index contributed by atoms with van der Waals surface area (Å²) in [5, 5.41) is 16.5. The van der Waals surface area contributed by atoms with E-state index >= 15 is 0 Å². The van der Waals surface area contributed by atoms with Crippen LogP contribution >= 0.6 is 0 Å². The molecule has 33 heavy (non-hydrogen) atoms. The molecule has 1 aliphatic heterocycles. The number of nitrogens with zero attached hydrogens (tertiary/aromatic N) is 5. The molecule has 0 saturated carbocycles. The second-order valence-electron chi connectivity index (χ2n) is 9.08. The third-order valence-electron chi connectivity index (χ3n) is 6.77. The number of aryl methyl sites for hydroxylation is 2. The quantitative estimate of drug-likeness (QED) is 0.598. The van der Waals surface area contributed by atoms with E-state index in [2.05, 4.69) is 57.6 Å². The lowest BCUT2D eigenvalue weighted by atomic mass is 10.0. The van der Waals surface area contributed by atoms with E-state index < -0.39 is 0 Å². The summed E-state index contributed by atoms with van der Waals surface area (Å²) in [4.78, 5) is 19.6. The predicted octanol–water partition coefficient (Wildman–Crippen LogP) is 3.84. The van der Waals surface area contributed by atoms with Crippen LogP contribution in [0.3, 0.4) is 0 Å². The van der Waals surface area contributed by atoms with Gasteiger partial charge in [-0.25, -0.2) is 9.50 Å². The molecule has 0 spiro atoms. The van der Waals surface area contributed by atoms with Gasteiger partial charge in [-0.1, -0.05) is 30.7 Å². The highest BCUT2D eigenvalue weighted by atomic mass is 16.1. The smallest absolute Gasteiger partial charge is 0.220 e. The molecule has 1 saturated heterocycles. The minimum absolute atomic E-state index is 0.0123.